The molecule has 3 atom stereocenters. The average Bonchev–Trinajstić information content (AvgIpc) is 3.32. The molecule has 0 aromatic heterocycles. The number of hydrogen-bond acceptors (Lipinski definition) is 8. The fourth-order valence-corrected chi connectivity index (χ4v) is 4.49. The second-order valence-electron chi connectivity index (χ2n) is 9.73. The smallest absolute Gasteiger partial charge is 0.423 e. The third-order valence-electron chi connectivity index (χ3n) is 6.42. The minimum Gasteiger partial charge on any atom is -0.444 e. The first-order valence-corrected chi connectivity index (χ1v) is 13.0. The molecule has 9 heteroatoms. The SMILES string of the molecule is CCOC(OCC)[C@H](C(C)C)N1CCC[C@H]1C(=O)N(C(=O)OCc1ccccc1)C(=O)[C@@H](N)C(C)C. The number of carbonyl (C=O) groups is 3. The highest BCUT2D eigenvalue weighted by Crippen LogP contribution is 2.29. The zero-order valence-electron chi connectivity index (χ0n) is 22.5. The monoisotopic (exact) mass is 505 g/mol. The molecule has 0 spiro atoms. The summed E-state index contributed by atoms with van der Waals surface area (Å²) in [6.07, 6.45) is -0.314. The summed E-state index contributed by atoms with van der Waals surface area (Å²) < 4.78 is 17.2. The lowest BCUT2D eigenvalue weighted by Gasteiger charge is -2.40. The minimum absolute atomic E-state index is 0.0621. The topological polar surface area (TPSA) is 111 Å². The van der Waals surface area contributed by atoms with Gasteiger partial charge in [0.2, 0.25) is 0 Å². The van der Waals surface area contributed by atoms with Crippen molar-refractivity contribution in [3.8, 4) is 0 Å². The molecule has 1 aliphatic heterocycles. The normalized spacial score (nSPS) is 18.0. The Labute approximate surface area is 215 Å². The number of ether oxygens (including phenoxy) is 3. The molecule has 0 bridgehead atoms. The molecule has 1 fully saturated rings. The molecular formula is C27H43N3O6. The molecule has 1 aliphatic rings. The number of imide groups is 3. The van der Waals surface area contributed by atoms with Gasteiger partial charge in [-0.3, -0.25) is 14.5 Å². The molecule has 1 aromatic carbocycles. The van der Waals surface area contributed by atoms with Gasteiger partial charge in [0, 0.05) is 13.2 Å². The molecule has 0 radical (unpaired) electrons. The quantitative estimate of drug-likeness (QED) is 0.429. The molecule has 2 N–H and O–H groups in total. The molecule has 1 heterocycles. The largest absolute Gasteiger partial charge is 0.444 e. The van der Waals surface area contributed by atoms with Crippen LogP contribution in [0.1, 0.15) is 59.9 Å². The van der Waals surface area contributed by atoms with E-state index in [1.165, 1.54) is 0 Å². The Morgan fingerprint density at radius 2 is 1.64 bits per heavy atom. The van der Waals surface area contributed by atoms with E-state index < -0.39 is 36.3 Å². The van der Waals surface area contributed by atoms with Crippen LogP contribution in [0.25, 0.3) is 0 Å². The van der Waals surface area contributed by atoms with Crippen LogP contribution in [-0.4, -0.2) is 71.9 Å². The highest BCUT2D eigenvalue weighted by Gasteiger charge is 2.46. The molecule has 0 aliphatic carbocycles. The summed E-state index contributed by atoms with van der Waals surface area (Å²) in [6, 6.07) is 7.13. The second kappa shape index (κ2) is 14.4. The Kier molecular flexibility index (Phi) is 12.0. The van der Waals surface area contributed by atoms with Gasteiger partial charge in [0.05, 0.1) is 18.1 Å². The Balaban J connectivity index is 2.35. The minimum atomic E-state index is -1.02. The van der Waals surface area contributed by atoms with Gasteiger partial charge in [0.15, 0.2) is 6.29 Å². The fourth-order valence-electron chi connectivity index (χ4n) is 4.49. The third kappa shape index (κ3) is 7.59. The number of hydrogen-bond donors (Lipinski definition) is 1. The first-order chi connectivity index (χ1) is 17.1. The molecule has 1 aromatic rings. The van der Waals surface area contributed by atoms with Gasteiger partial charge >= 0.3 is 6.09 Å². The summed E-state index contributed by atoms with van der Waals surface area (Å²) >= 11 is 0. The van der Waals surface area contributed by atoms with Crippen molar-refractivity contribution >= 4 is 17.9 Å². The van der Waals surface area contributed by atoms with Crippen molar-refractivity contribution in [2.24, 2.45) is 17.6 Å². The summed E-state index contributed by atoms with van der Waals surface area (Å²) in [5.74, 6) is -1.55. The number of benzene rings is 1. The number of nitrogens with zero attached hydrogens (tertiary/aromatic N) is 2. The molecule has 0 unspecified atom stereocenters. The van der Waals surface area contributed by atoms with E-state index in [0.29, 0.717) is 31.1 Å². The summed E-state index contributed by atoms with van der Waals surface area (Å²) in [6.45, 7) is 12.9. The lowest BCUT2D eigenvalue weighted by molar-refractivity contribution is -0.186. The predicted molar refractivity (Wildman–Crippen MR) is 137 cm³/mol. The Hall–Kier alpha value is -2.33. The van der Waals surface area contributed by atoms with Gasteiger partial charge in [-0.15, -0.1) is 0 Å². The highest BCUT2D eigenvalue weighted by atomic mass is 16.7. The number of carbonyl (C=O) groups excluding carboxylic acids is 3. The second-order valence-corrected chi connectivity index (χ2v) is 9.73. The zero-order chi connectivity index (χ0) is 26.8. The van der Waals surface area contributed by atoms with Crippen molar-refractivity contribution in [2.45, 2.75) is 85.4 Å². The van der Waals surface area contributed by atoms with Crippen LogP contribution in [0.4, 0.5) is 4.79 Å². The number of likely N-dealkylation sites (tertiary alicyclic amines) is 1. The fraction of sp³-hybridized carbons (Fsp3) is 0.667. The van der Waals surface area contributed by atoms with Crippen LogP contribution in [0.3, 0.4) is 0 Å². The van der Waals surface area contributed by atoms with Crippen molar-refractivity contribution < 1.29 is 28.6 Å². The molecule has 0 saturated carbocycles. The lowest BCUT2D eigenvalue weighted by Crippen LogP contribution is -2.59. The van der Waals surface area contributed by atoms with E-state index in [9.17, 15) is 14.4 Å². The van der Waals surface area contributed by atoms with Crippen molar-refractivity contribution in [1.82, 2.24) is 9.80 Å². The third-order valence-corrected chi connectivity index (χ3v) is 6.42. The van der Waals surface area contributed by atoms with Crippen LogP contribution in [0, 0.1) is 11.8 Å². The first kappa shape index (κ1) is 29.9. The first-order valence-electron chi connectivity index (χ1n) is 13.0. The predicted octanol–water partition coefficient (Wildman–Crippen LogP) is 3.55. The number of rotatable bonds is 12. The molecule has 9 nitrogen and oxygen atoms in total. The van der Waals surface area contributed by atoms with E-state index in [-0.39, 0.29) is 24.5 Å². The van der Waals surface area contributed by atoms with E-state index in [0.717, 1.165) is 12.0 Å². The highest BCUT2D eigenvalue weighted by molar-refractivity contribution is 6.11. The lowest BCUT2D eigenvalue weighted by atomic mass is 9.99. The summed E-state index contributed by atoms with van der Waals surface area (Å²) in [7, 11) is 0. The summed E-state index contributed by atoms with van der Waals surface area (Å²) in [4.78, 5) is 43.0. The maximum absolute atomic E-state index is 13.9. The molecular weight excluding hydrogens is 462 g/mol. The van der Waals surface area contributed by atoms with Crippen molar-refractivity contribution in [1.29, 1.82) is 0 Å². The molecule has 36 heavy (non-hydrogen) atoms. The summed E-state index contributed by atoms with van der Waals surface area (Å²) in [5, 5.41) is 0. The van der Waals surface area contributed by atoms with E-state index in [2.05, 4.69) is 0 Å². The van der Waals surface area contributed by atoms with Gasteiger partial charge < -0.3 is 19.9 Å². The standard InChI is InChI=1S/C27H43N3O6/c1-7-34-26(35-8-2)23(19(5)6)29-16-12-15-21(29)24(31)30(25(32)22(28)18(3)4)27(33)36-17-20-13-10-9-11-14-20/h9-11,13-14,18-19,21-23,26H,7-8,12,15-17,28H2,1-6H3/t21-,22-,23-/m0/s1. The average molecular weight is 506 g/mol. The maximum Gasteiger partial charge on any atom is 0.423 e. The van der Waals surface area contributed by atoms with Crippen LogP contribution < -0.4 is 5.73 Å². The summed E-state index contributed by atoms with van der Waals surface area (Å²) in [5.41, 5.74) is 6.86. The van der Waals surface area contributed by atoms with Gasteiger partial charge in [0.25, 0.3) is 11.8 Å². The molecule has 3 amide bonds. The Bertz CT molecular complexity index is 841. The van der Waals surface area contributed by atoms with Crippen molar-refractivity contribution in [3.63, 3.8) is 0 Å². The van der Waals surface area contributed by atoms with E-state index in [1.54, 1.807) is 26.0 Å². The van der Waals surface area contributed by atoms with Crippen LogP contribution in [0.5, 0.6) is 0 Å². The van der Waals surface area contributed by atoms with Gasteiger partial charge in [-0.05, 0) is 50.6 Å². The van der Waals surface area contributed by atoms with Gasteiger partial charge in [-0.2, -0.15) is 4.90 Å². The molecule has 202 valence electrons. The van der Waals surface area contributed by atoms with Crippen LogP contribution >= 0.6 is 0 Å². The van der Waals surface area contributed by atoms with E-state index >= 15 is 0 Å². The zero-order valence-corrected chi connectivity index (χ0v) is 22.5. The van der Waals surface area contributed by atoms with Gasteiger partial charge in [-0.1, -0.05) is 58.0 Å². The van der Waals surface area contributed by atoms with E-state index in [4.69, 9.17) is 19.9 Å². The number of amides is 3. The van der Waals surface area contributed by atoms with Crippen LogP contribution in [0.15, 0.2) is 30.3 Å². The Morgan fingerprint density at radius 3 is 2.17 bits per heavy atom. The molecule has 2 rings (SSSR count). The van der Waals surface area contributed by atoms with Crippen molar-refractivity contribution in [2.75, 3.05) is 19.8 Å². The van der Waals surface area contributed by atoms with Crippen molar-refractivity contribution in [3.05, 3.63) is 35.9 Å². The van der Waals surface area contributed by atoms with Gasteiger partial charge in [-0.25, -0.2) is 4.79 Å². The Morgan fingerprint density at radius 1 is 1.03 bits per heavy atom. The van der Waals surface area contributed by atoms with Gasteiger partial charge in [0.1, 0.15) is 6.61 Å². The van der Waals surface area contributed by atoms with Crippen LogP contribution in [-0.2, 0) is 30.4 Å². The maximum atomic E-state index is 13.9. The number of nitrogens with two attached hydrogens (primary N) is 1. The van der Waals surface area contributed by atoms with Crippen LogP contribution in [0.2, 0.25) is 0 Å². The molecule has 1 saturated heterocycles. The van der Waals surface area contributed by atoms with E-state index in [1.807, 2.05) is 50.8 Å².